The van der Waals surface area contributed by atoms with Crippen LogP contribution in [0.1, 0.15) is 39.7 Å². The van der Waals surface area contributed by atoms with E-state index in [1.807, 2.05) is 31.7 Å². The average Bonchev–Trinajstić information content (AvgIpc) is 2.64. The molecule has 5 heteroatoms. The molecule has 0 atom stereocenters. The summed E-state index contributed by atoms with van der Waals surface area (Å²) in [4.78, 5) is 30.0. The van der Waals surface area contributed by atoms with Gasteiger partial charge in [0, 0.05) is 45.0 Å². The summed E-state index contributed by atoms with van der Waals surface area (Å²) in [6, 6.07) is 10.4. The highest BCUT2D eigenvalue weighted by Gasteiger charge is 2.26. The van der Waals surface area contributed by atoms with Crippen LogP contribution in [0.3, 0.4) is 0 Å². The standard InChI is InChI=1S/C22H29N3O2/c1-5-25-18(4)14-17(3)20(22(25)27)21(26)24-12-10-23(11-13-24)15-19-9-7-6-8-16(19)2/h6-9,14H,5,10-13,15H2,1-4H3. The maximum Gasteiger partial charge on any atom is 0.263 e. The number of hydrogen-bond acceptors (Lipinski definition) is 3. The predicted molar refractivity (Wildman–Crippen MR) is 108 cm³/mol. The molecule has 0 bridgehead atoms. The normalized spacial score (nSPS) is 15.2. The van der Waals surface area contributed by atoms with Crippen molar-refractivity contribution >= 4 is 5.91 Å². The van der Waals surface area contributed by atoms with Crippen LogP contribution in [0.2, 0.25) is 0 Å². The van der Waals surface area contributed by atoms with Gasteiger partial charge in [0.25, 0.3) is 11.5 Å². The quantitative estimate of drug-likeness (QED) is 0.835. The molecule has 0 spiro atoms. The van der Waals surface area contributed by atoms with Gasteiger partial charge in [-0.3, -0.25) is 14.5 Å². The van der Waals surface area contributed by atoms with E-state index in [0.717, 1.165) is 30.9 Å². The number of aromatic nitrogens is 1. The van der Waals surface area contributed by atoms with Crippen molar-refractivity contribution < 1.29 is 4.79 Å². The lowest BCUT2D eigenvalue weighted by molar-refractivity contribution is 0.0625. The highest BCUT2D eigenvalue weighted by molar-refractivity contribution is 5.95. The molecular formula is C22H29N3O2. The second kappa shape index (κ2) is 8.09. The van der Waals surface area contributed by atoms with Crippen LogP contribution >= 0.6 is 0 Å². The minimum atomic E-state index is -0.165. The topological polar surface area (TPSA) is 45.6 Å². The van der Waals surface area contributed by atoms with Crippen LogP contribution in [-0.4, -0.2) is 46.5 Å². The van der Waals surface area contributed by atoms with E-state index < -0.39 is 0 Å². The molecule has 2 heterocycles. The van der Waals surface area contributed by atoms with E-state index >= 15 is 0 Å². The van der Waals surface area contributed by atoms with Gasteiger partial charge in [0.05, 0.1) is 0 Å². The summed E-state index contributed by atoms with van der Waals surface area (Å²) in [7, 11) is 0. The van der Waals surface area contributed by atoms with Crippen molar-refractivity contribution in [1.82, 2.24) is 14.4 Å². The predicted octanol–water partition coefficient (Wildman–Crippen LogP) is 2.75. The number of hydrogen-bond donors (Lipinski definition) is 0. The molecule has 1 aromatic carbocycles. The smallest absolute Gasteiger partial charge is 0.263 e. The zero-order valence-corrected chi connectivity index (χ0v) is 16.8. The zero-order valence-electron chi connectivity index (χ0n) is 16.8. The number of nitrogens with zero attached hydrogens (tertiary/aromatic N) is 3. The van der Waals surface area contributed by atoms with E-state index in [9.17, 15) is 9.59 Å². The molecule has 1 amide bonds. The molecule has 2 aromatic rings. The molecule has 3 rings (SSSR count). The van der Waals surface area contributed by atoms with Crippen molar-refractivity contribution in [3.8, 4) is 0 Å². The van der Waals surface area contributed by atoms with Gasteiger partial charge in [-0.15, -0.1) is 0 Å². The third-order valence-corrected chi connectivity index (χ3v) is 5.55. The number of carbonyl (C=O) groups excluding carboxylic acids is 1. The first-order chi connectivity index (χ1) is 12.9. The van der Waals surface area contributed by atoms with Crippen molar-refractivity contribution in [2.75, 3.05) is 26.2 Å². The fourth-order valence-corrected chi connectivity index (χ4v) is 3.88. The number of benzene rings is 1. The average molecular weight is 367 g/mol. The van der Waals surface area contributed by atoms with Gasteiger partial charge in [0.15, 0.2) is 0 Å². The molecule has 5 nitrogen and oxygen atoms in total. The Morgan fingerprint density at radius 3 is 2.30 bits per heavy atom. The SMILES string of the molecule is CCn1c(C)cc(C)c(C(=O)N2CCN(Cc3ccccc3C)CC2)c1=O. The molecule has 1 fully saturated rings. The van der Waals surface area contributed by atoms with E-state index in [-0.39, 0.29) is 11.5 Å². The Bertz CT molecular complexity index is 893. The Hall–Kier alpha value is -2.40. The van der Waals surface area contributed by atoms with Gasteiger partial charge < -0.3 is 9.47 Å². The van der Waals surface area contributed by atoms with Gasteiger partial charge in [-0.1, -0.05) is 24.3 Å². The highest BCUT2D eigenvalue weighted by Crippen LogP contribution is 2.15. The second-order valence-electron chi connectivity index (χ2n) is 7.39. The molecule has 0 saturated carbocycles. The summed E-state index contributed by atoms with van der Waals surface area (Å²) in [5.41, 5.74) is 4.47. The Kier molecular flexibility index (Phi) is 5.80. The van der Waals surface area contributed by atoms with Crippen molar-refractivity contribution in [1.29, 1.82) is 0 Å². The first-order valence-electron chi connectivity index (χ1n) is 9.69. The van der Waals surface area contributed by atoms with Gasteiger partial charge in [-0.05, 0) is 50.5 Å². The molecule has 0 unspecified atom stereocenters. The van der Waals surface area contributed by atoms with E-state index in [0.29, 0.717) is 25.2 Å². The van der Waals surface area contributed by atoms with Crippen LogP contribution in [0.15, 0.2) is 35.1 Å². The fraction of sp³-hybridized carbons (Fsp3) is 0.455. The summed E-state index contributed by atoms with van der Waals surface area (Å²) >= 11 is 0. The second-order valence-corrected chi connectivity index (χ2v) is 7.39. The van der Waals surface area contributed by atoms with Crippen molar-refractivity contribution in [2.24, 2.45) is 0 Å². The summed E-state index contributed by atoms with van der Waals surface area (Å²) in [5, 5.41) is 0. The molecule has 0 radical (unpaired) electrons. The van der Waals surface area contributed by atoms with Crippen LogP contribution in [-0.2, 0) is 13.1 Å². The Morgan fingerprint density at radius 1 is 1.00 bits per heavy atom. The maximum atomic E-state index is 13.0. The monoisotopic (exact) mass is 367 g/mol. The molecule has 1 aliphatic heterocycles. The van der Waals surface area contributed by atoms with Crippen LogP contribution in [0, 0.1) is 20.8 Å². The molecule has 1 aliphatic rings. The third kappa shape index (κ3) is 3.98. The van der Waals surface area contributed by atoms with E-state index in [1.54, 1.807) is 4.57 Å². The molecule has 27 heavy (non-hydrogen) atoms. The van der Waals surface area contributed by atoms with Crippen LogP contribution < -0.4 is 5.56 Å². The first-order valence-corrected chi connectivity index (χ1v) is 9.69. The summed E-state index contributed by atoms with van der Waals surface area (Å²) in [5.74, 6) is -0.129. The molecule has 0 N–H and O–H groups in total. The summed E-state index contributed by atoms with van der Waals surface area (Å²) < 4.78 is 1.68. The minimum absolute atomic E-state index is 0.129. The van der Waals surface area contributed by atoms with Crippen molar-refractivity contribution in [3.05, 3.63) is 68.6 Å². The van der Waals surface area contributed by atoms with Crippen LogP contribution in [0.4, 0.5) is 0 Å². The molecule has 144 valence electrons. The Balaban J connectivity index is 1.71. The Labute approximate surface area is 161 Å². The number of carbonyl (C=O) groups is 1. The fourth-order valence-electron chi connectivity index (χ4n) is 3.88. The summed E-state index contributed by atoms with van der Waals surface area (Å²) in [6.07, 6.45) is 0. The third-order valence-electron chi connectivity index (χ3n) is 5.55. The van der Waals surface area contributed by atoms with Gasteiger partial charge in [-0.25, -0.2) is 0 Å². The number of amides is 1. The molecule has 1 aromatic heterocycles. The van der Waals surface area contributed by atoms with Gasteiger partial charge in [-0.2, -0.15) is 0 Å². The highest BCUT2D eigenvalue weighted by atomic mass is 16.2. The zero-order chi connectivity index (χ0) is 19.6. The largest absolute Gasteiger partial charge is 0.336 e. The number of rotatable bonds is 4. The molecule has 1 saturated heterocycles. The van der Waals surface area contributed by atoms with E-state index in [4.69, 9.17) is 0 Å². The van der Waals surface area contributed by atoms with Crippen molar-refractivity contribution in [3.63, 3.8) is 0 Å². The van der Waals surface area contributed by atoms with E-state index in [1.165, 1.54) is 11.1 Å². The van der Waals surface area contributed by atoms with Gasteiger partial charge in [0.2, 0.25) is 0 Å². The lowest BCUT2D eigenvalue weighted by Crippen LogP contribution is -2.49. The van der Waals surface area contributed by atoms with Crippen molar-refractivity contribution in [2.45, 2.75) is 40.8 Å². The van der Waals surface area contributed by atoms with Crippen LogP contribution in [0.5, 0.6) is 0 Å². The molecular weight excluding hydrogens is 338 g/mol. The lowest BCUT2D eigenvalue weighted by Gasteiger charge is -2.35. The summed E-state index contributed by atoms with van der Waals surface area (Å²) in [6.45, 7) is 12.3. The van der Waals surface area contributed by atoms with Gasteiger partial charge >= 0.3 is 0 Å². The van der Waals surface area contributed by atoms with E-state index in [2.05, 4.69) is 36.1 Å². The maximum absolute atomic E-state index is 13.0. The first kappa shape index (κ1) is 19.4. The van der Waals surface area contributed by atoms with Gasteiger partial charge in [0.1, 0.15) is 5.56 Å². The lowest BCUT2D eigenvalue weighted by atomic mass is 10.1. The van der Waals surface area contributed by atoms with Crippen LogP contribution in [0.25, 0.3) is 0 Å². The molecule has 0 aliphatic carbocycles. The number of piperazine rings is 1. The number of aryl methyl sites for hydroxylation is 3. The minimum Gasteiger partial charge on any atom is -0.336 e. The Morgan fingerprint density at radius 2 is 1.67 bits per heavy atom. The number of pyridine rings is 1.